The Kier molecular flexibility index (Phi) is 7.37. The zero-order chi connectivity index (χ0) is 33.4. The minimum Gasteiger partial charge on any atom is -0.310 e. The van der Waals surface area contributed by atoms with Gasteiger partial charge in [0.2, 0.25) is 0 Å². The van der Waals surface area contributed by atoms with Gasteiger partial charge >= 0.3 is 0 Å². The predicted molar refractivity (Wildman–Crippen MR) is 210 cm³/mol. The first-order valence-corrected chi connectivity index (χ1v) is 19.8. The molecular formula is C49H51N. The molecule has 0 unspecified atom stereocenters. The van der Waals surface area contributed by atoms with Gasteiger partial charge in [0.1, 0.15) is 0 Å². The number of anilines is 3. The first kappa shape index (κ1) is 30.7. The van der Waals surface area contributed by atoms with Gasteiger partial charge in [-0.2, -0.15) is 0 Å². The molecule has 0 atom stereocenters. The lowest BCUT2D eigenvalue weighted by Gasteiger charge is -2.54. The van der Waals surface area contributed by atoms with Crippen LogP contribution in [0.2, 0.25) is 0 Å². The van der Waals surface area contributed by atoms with E-state index < -0.39 is 0 Å². The van der Waals surface area contributed by atoms with Gasteiger partial charge in [0.25, 0.3) is 0 Å². The van der Waals surface area contributed by atoms with Crippen molar-refractivity contribution in [3.05, 3.63) is 138 Å². The Bertz CT molecular complexity index is 1980. The molecule has 0 spiro atoms. The molecule has 0 aliphatic heterocycles. The van der Waals surface area contributed by atoms with E-state index in [1.165, 1.54) is 120 Å². The van der Waals surface area contributed by atoms with Crippen LogP contribution in [0.15, 0.2) is 115 Å². The molecule has 1 heteroatoms. The molecule has 5 saturated carbocycles. The Balaban J connectivity index is 1.05. The van der Waals surface area contributed by atoms with Crippen LogP contribution in [0.5, 0.6) is 0 Å². The van der Waals surface area contributed by atoms with Crippen molar-refractivity contribution in [3.63, 3.8) is 0 Å². The van der Waals surface area contributed by atoms with Crippen LogP contribution in [0.25, 0.3) is 22.3 Å². The molecule has 4 bridgehead atoms. The third-order valence-electron chi connectivity index (χ3n) is 14.0. The number of fused-ring (bicyclic) bond motifs is 3. The summed E-state index contributed by atoms with van der Waals surface area (Å²) in [6, 6.07) is 44.7. The number of rotatable bonds is 6. The van der Waals surface area contributed by atoms with E-state index in [0.717, 1.165) is 29.6 Å². The molecule has 0 aromatic heterocycles. The zero-order valence-electron chi connectivity index (χ0n) is 30.0. The third-order valence-corrected chi connectivity index (χ3v) is 14.0. The van der Waals surface area contributed by atoms with Gasteiger partial charge in [-0.1, -0.05) is 112 Å². The average Bonchev–Trinajstić information content (AvgIpc) is 3.38. The lowest BCUT2D eigenvalue weighted by molar-refractivity contribution is -0.00277. The molecule has 50 heavy (non-hydrogen) atoms. The average molecular weight is 654 g/mol. The molecule has 0 heterocycles. The molecule has 11 rings (SSSR count). The van der Waals surface area contributed by atoms with Crippen LogP contribution in [-0.4, -0.2) is 0 Å². The van der Waals surface area contributed by atoms with Crippen molar-refractivity contribution in [2.24, 2.45) is 23.7 Å². The van der Waals surface area contributed by atoms with Crippen LogP contribution < -0.4 is 4.90 Å². The topological polar surface area (TPSA) is 3.24 Å². The Morgan fingerprint density at radius 1 is 0.520 bits per heavy atom. The van der Waals surface area contributed by atoms with Crippen LogP contribution >= 0.6 is 0 Å². The third kappa shape index (κ3) is 5.02. The molecule has 252 valence electrons. The summed E-state index contributed by atoms with van der Waals surface area (Å²) in [7, 11) is 0. The summed E-state index contributed by atoms with van der Waals surface area (Å²) in [4.78, 5) is 2.53. The van der Waals surface area contributed by atoms with Gasteiger partial charge in [0, 0.05) is 22.5 Å². The quantitative estimate of drug-likeness (QED) is 0.176. The normalized spacial score (nSPS) is 26.1. The van der Waals surface area contributed by atoms with Crippen LogP contribution in [0, 0.1) is 23.7 Å². The van der Waals surface area contributed by atoms with Crippen LogP contribution in [-0.2, 0) is 5.41 Å². The summed E-state index contributed by atoms with van der Waals surface area (Å²) in [5.74, 6) is 5.31. The van der Waals surface area contributed by atoms with E-state index in [-0.39, 0.29) is 5.41 Å². The van der Waals surface area contributed by atoms with E-state index in [4.69, 9.17) is 0 Å². The summed E-state index contributed by atoms with van der Waals surface area (Å²) in [5.41, 5.74) is 15.0. The maximum atomic E-state index is 2.53. The molecule has 0 amide bonds. The van der Waals surface area contributed by atoms with Gasteiger partial charge in [-0.05, 0) is 161 Å². The molecule has 6 aliphatic rings. The maximum absolute atomic E-state index is 2.53. The highest BCUT2D eigenvalue weighted by atomic mass is 15.1. The molecule has 5 aromatic carbocycles. The molecular weight excluding hydrogens is 603 g/mol. The van der Waals surface area contributed by atoms with Crippen molar-refractivity contribution in [3.8, 4) is 22.3 Å². The highest BCUT2D eigenvalue weighted by Crippen LogP contribution is 2.60. The summed E-state index contributed by atoms with van der Waals surface area (Å²) in [5, 5.41) is 0. The van der Waals surface area contributed by atoms with E-state index >= 15 is 0 Å². The molecule has 1 nitrogen and oxygen atoms in total. The fourth-order valence-electron chi connectivity index (χ4n) is 11.9. The van der Waals surface area contributed by atoms with Gasteiger partial charge in [0.05, 0.1) is 0 Å². The number of benzene rings is 5. The minimum absolute atomic E-state index is 0.0920. The molecule has 0 radical (unpaired) electrons. The Labute approximate surface area is 299 Å². The number of nitrogens with zero attached hydrogens (tertiary/aromatic N) is 1. The Morgan fingerprint density at radius 2 is 1.14 bits per heavy atom. The van der Waals surface area contributed by atoms with Crippen molar-refractivity contribution >= 4 is 17.1 Å². The lowest BCUT2D eigenvalue weighted by Crippen LogP contribution is -2.43. The monoisotopic (exact) mass is 653 g/mol. The van der Waals surface area contributed by atoms with E-state index in [2.05, 4.69) is 134 Å². The molecule has 0 N–H and O–H groups in total. The standard InChI is InChI=1S/C49H51N/c1-49(2)45-15-9-14-43(36-12-7-4-8-13-36)48(45)44-25-24-42(31-46(44)49)50(40-20-16-35(17-21-40)34-10-5-3-6-11-34)41-22-18-37(19-23-41)47-38-27-32-26-33(29-38)30-39(47)28-32/h4,7-9,12-25,31-34,38-39,47H,3,5-6,10-11,26-30H2,1-2H3. The van der Waals surface area contributed by atoms with Crippen molar-refractivity contribution in [1.29, 1.82) is 0 Å². The second-order valence-corrected chi connectivity index (χ2v) is 17.3. The van der Waals surface area contributed by atoms with Crippen molar-refractivity contribution in [1.82, 2.24) is 0 Å². The second kappa shape index (κ2) is 12.0. The van der Waals surface area contributed by atoms with Gasteiger partial charge in [-0.15, -0.1) is 0 Å². The molecule has 6 aliphatic carbocycles. The zero-order valence-corrected chi connectivity index (χ0v) is 30.0. The van der Waals surface area contributed by atoms with Gasteiger partial charge < -0.3 is 4.90 Å². The number of hydrogen-bond acceptors (Lipinski definition) is 1. The van der Waals surface area contributed by atoms with Gasteiger partial charge in [-0.25, -0.2) is 0 Å². The molecule has 5 aromatic rings. The summed E-state index contributed by atoms with van der Waals surface area (Å²) in [6.45, 7) is 4.83. The minimum atomic E-state index is -0.0920. The fraction of sp³-hybridized carbons (Fsp3) is 0.388. The van der Waals surface area contributed by atoms with E-state index in [1.807, 2.05) is 0 Å². The first-order valence-electron chi connectivity index (χ1n) is 19.8. The van der Waals surface area contributed by atoms with Crippen LogP contribution in [0.1, 0.15) is 112 Å². The van der Waals surface area contributed by atoms with E-state index in [9.17, 15) is 0 Å². The Morgan fingerprint density at radius 3 is 1.80 bits per heavy atom. The lowest BCUT2D eigenvalue weighted by atomic mass is 9.51. The summed E-state index contributed by atoms with van der Waals surface area (Å²) in [6.07, 6.45) is 14.2. The summed E-state index contributed by atoms with van der Waals surface area (Å²) < 4.78 is 0. The van der Waals surface area contributed by atoms with Crippen molar-refractivity contribution in [2.45, 2.75) is 95.3 Å². The first-order chi connectivity index (χ1) is 24.5. The largest absolute Gasteiger partial charge is 0.310 e. The highest BCUT2D eigenvalue weighted by Gasteiger charge is 2.48. The second-order valence-electron chi connectivity index (χ2n) is 17.3. The Hall–Kier alpha value is -4.10. The van der Waals surface area contributed by atoms with E-state index in [1.54, 1.807) is 5.56 Å². The fourth-order valence-corrected chi connectivity index (χ4v) is 11.9. The smallest absolute Gasteiger partial charge is 0.0465 e. The van der Waals surface area contributed by atoms with E-state index in [0.29, 0.717) is 5.92 Å². The van der Waals surface area contributed by atoms with Crippen LogP contribution in [0.3, 0.4) is 0 Å². The highest BCUT2D eigenvalue weighted by molar-refractivity contribution is 5.94. The van der Waals surface area contributed by atoms with Crippen molar-refractivity contribution in [2.75, 3.05) is 4.90 Å². The maximum Gasteiger partial charge on any atom is 0.0465 e. The van der Waals surface area contributed by atoms with Crippen LogP contribution in [0.4, 0.5) is 17.1 Å². The molecule has 0 saturated heterocycles. The van der Waals surface area contributed by atoms with Crippen molar-refractivity contribution < 1.29 is 0 Å². The molecule has 5 fully saturated rings. The number of hydrogen-bond donors (Lipinski definition) is 0. The van der Waals surface area contributed by atoms with Gasteiger partial charge in [-0.3, -0.25) is 0 Å². The predicted octanol–water partition coefficient (Wildman–Crippen LogP) is 13.7. The summed E-state index contributed by atoms with van der Waals surface area (Å²) >= 11 is 0. The van der Waals surface area contributed by atoms with Gasteiger partial charge in [0.15, 0.2) is 0 Å². The SMILES string of the molecule is CC1(C)c2cc(N(c3ccc(C4CCCCC4)cc3)c3ccc(C4C5CC6CC(C5)CC4C6)cc3)ccc2-c2c(-c3ccccc3)cccc21.